The van der Waals surface area contributed by atoms with Gasteiger partial charge in [0.1, 0.15) is 5.00 Å². The van der Waals surface area contributed by atoms with E-state index in [2.05, 4.69) is 19.8 Å². The summed E-state index contributed by atoms with van der Waals surface area (Å²) in [6.45, 7) is 5.33. The van der Waals surface area contributed by atoms with E-state index in [9.17, 15) is 4.79 Å². The summed E-state index contributed by atoms with van der Waals surface area (Å²) < 4.78 is 3.75. The van der Waals surface area contributed by atoms with Crippen LogP contribution >= 0.6 is 11.5 Å². The summed E-state index contributed by atoms with van der Waals surface area (Å²) in [5.41, 5.74) is 0. The fourth-order valence-electron chi connectivity index (χ4n) is 3.08. The number of nitrogens with one attached hydrogen (secondary N) is 1. The number of anilines is 1. The van der Waals surface area contributed by atoms with Gasteiger partial charge < -0.3 is 9.80 Å². The molecule has 2 aliphatic heterocycles. The number of likely N-dealkylation sites (tertiary alicyclic amines) is 2. The molecule has 0 aromatic carbocycles. The van der Waals surface area contributed by atoms with Gasteiger partial charge in [-0.3, -0.25) is 5.32 Å². The molecule has 0 bridgehead atoms. The molecule has 2 saturated heterocycles. The highest BCUT2D eigenvalue weighted by Crippen LogP contribution is 2.21. The standard InChI is InChI=1S/C13H21N5OS/c19-13(15-12-8-14-16-20-12)18-7-4-11(10-18)9-17-5-2-1-3-6-17/h8,11H,1-7,9-10H2,(H,15,19)/t11-/m1/s1. The maximum absolute atomic E-state index is 12.1. The molecule has 1 aromatic rings. The van der Waals surface area contributed by atoms with Crippen LogP contribution < -0.4 is 5.32 Å². The minimum atomic E-state index is -0.0165. The summed E-state index contributed by atoms with van der Waals surface area (Å²) in [4.78, 5) is 16.6. The summed E-state index contributed by atoms with van der Waals surface area (Å²) in [6.07, 6.45) is 6.73. The fourth-order valence-corrected chi connectivity index (χ4v) is 3.49. The Hall–Kier alpha value is -1.21. The van der Waals surface area contributed by atoms with Crippen LogP contribution in [-0.2, 0) is 0 Å². The van der Waals surface area contributed by atoms with Crippen LogP contribution in [0.4, 0.5) is 9.80 Å². The zero-order valence-electron chi connectivity index (χ0n) is 11.6. The van der Waals surface area contributed by atoms with Crippen LogP contribution in [0, 0.1) is 5.92 Å². The van der Waals surface area contributed by atoms with Gasteiger partial charge in [0.05, 0.1) is 6.20 Å². The largest absolute Gasteiger partial charge is 0.324 e. The van der Waals surface area contributed by atoms with Crippen molar-refractivity contribution in [3.8, 4) is 0 Å². The van der Waals surface area contributed by atoms with E-state index in [-0.39, 0.29) is 6.03 Å². The van der Waals surface area contributed by atoms with E-state index in [1.54, 1.807) is 6.20 Å². The topological polar surface area (TPSA) is 61.4 Å². The Kier molecular flexibility index (Phi) is 4.47. The third-order valence-corrected chi connectivity index (χ3v) is 4.71. The molecule has 0 spiro atoms. The first-order valence-electron chi connectivity index (χ1n) is 7.37. The van der Waals surface area contributed by atoms with Crippen molar-refractivity contribution in [2.45, 2.75) is 25.7 Å². The molecule has 1 N–H and O–H groups in total. The lowest BCUT2D eigenvalue weighted by Crippen LogP contribution is -2.37. The summed E-state index contributed by atoms with van der Waals surface area (Å²) >= 11 is 1.21. The van der Waals surface area contributed by atoms with Crippen LogP contribution in [0.25, 0.3) is 0 Å². The lowest BCUT2D eigenvalue weighted by molar-refractivity contribution is 0.192. The number of amides is 2. The van der Waals surface area contributed by atoms with Crippen LogP contribution in [0.2, 0.25) is 0 Å². The van der Waals surface area contributed by atoms with Crippen LogP contribution in [0.3, 0.4) is 0 Å². The molecule has 1 aromatic heterocycles. The summed E-state index contributed by atoms with van der Waals surface area (Å²) in [7, 11) is 0. The van der Waals surface area contributed by atoms with Crippen molar-refractivity contribution in [2.24, 2.45) is 5.92 Å². The predicted molar refractivity (Wildman–Crippen MR) is 78.9 cm³/mol. The van der Waals surface area contributed by atoms with Gasteiger partial charge in [-0.2, -0.15) is 0 Å². The average molecular weight is 295 g/mol. The van der Waals surface area contributed by atoms with Crippen molar-refractivity contribution in [1.82, 2.24) is 19.4 Å². The molecular formula is C13H21N5OS. The van der Waals surface area contributed by atoms with Crippen LogP contribution in [0.15, 0.2) is 6.20 Å². The number of aromatic nitrogens is 2. The van der Waals surface area contributed by atoms with Crippen LogP contribution in [0.1, 0.15) is 25.7 Å². The first-order chi connectivity index (χ1) is 9.81. The average Bonchev–Trinajstić information content (AvgIpc) is 3.11. The van der Waals surface area contributed by atoms with E-state index < -0.39 is 0 Å². The van der Waals surface area contributed by atoms with Crippen LogP contribution in [-0.4, -0.2) is 58.1 Å². The van der Waals surface area contributed by atoms with E-state index in [1.165, 1.54) is 43.9 Å². The van der Waals surface area contributed by atoms with E-state index in [0.29, 0.717) is 5.92 Å². The fraction of sp³-hybridized carbons (Fsp3) is 0.769. The number of hydrogen-bond acceptors (Lipinski definition) is 5. The SMILES string of the molecule is O=C(Nc1cnns1)N1CC[C@H](CN2CCCCC2)C1. The van der Waals surface area contributed by atoms with Gasteiger partial charge in [-0.1, -0.05) is 10.9 Å². The normalized spacial score (nSPS) is 24.0. The molecule has 0 aliphatic carbocycles. The van der Waals surface area contributed by atoms with Gasteiger partial charge in [-0.05, 0) is 38.3 Å². The molecule has 0 unspecified atom stereocenters. The number of piperidine rings is 1. The van der Waals surface area contributed by atoms with Crippen molar-refractivity contribution in [3.05, 3.63) is 6.20 Å². The number of rotatable bonds is 3. The van der Waals surface area contributed by atoms with Crippen molar-refractivity contribution in [2.75, 3.05) is 38.0 Å². The number of nitrogens with zero attached hydrogens (tertiary/aromatic N) is 4. The molecule has 1 atom stereocenters. The van der Waals surface area contributed by atoms with Gasteiger partial charge in [0.2, 0.25) is 0 Å². The quantitative estimate of drug-likeness (QED) is 0.925. The monoisotopic (exact) mass is 295 g/mol. The maximum Gasteiger partial charge on any atom is 0.322 e. The second-order valence-electron chi connectivity index (χ2n) is 5.67. The molecule has 2 aliphatic rings. The Balaban J connectivity index is 1.45. The smallest absolute Gasteiger partial charge is 0.322 e. The van der Waals surface area contributed by atoms with E-state index in [1.807, 2.05) is 4.90 Å². The highest BCUT2D eigenvalue weighted by Gasteiger charge is 2.28. The molecule has 2 amide bonds. The van der Waals surface area contributed by atoms with Gasteiger partial charge in [-0.15, -0.1) is 5.10 Å². The number of hydrogen-bond donors (Lipinski definition) is 1. The molecule has 110 valence electrons. The minimum Gasteiger partial charge on any atom is -0.324 e. The van der Waals surface area contributed by atoms with Crippen molar-refractivity contribution < 1.29 is 4.79 Å². The molecule has 3 heterocycles. The molecule has 7 heteroatoms. The second kappa shape index (κ2) is 6.49. The molecule has 2 fully saturated rings. The summed E-state index contributed by atoms with van der Waals surface area (Å²) in [6, 6.07) is -0.0165. The zero-order chi connectivity index (χ0) is 13.8. The van der Waals surface area contributed by atoms with Crippen molar-refractivity contribution in [3.63, 3.8) is 0 Å². The number of carbonyl (C=O) groups excluding carboxylic acids is 1. The molecule has 6 nitrogen and oxygen atoms in total. The van der Waals surface area contributed by atoms with Crippen molar-refractivity contribution in [1.29, 1.82) is 0 Å². The Labute approximate surface area is 123 Å². The Bertz CT molecular complexity index is 432. The van der Waals surface area contributed by atoms with Gasteiger partial charge in [-0.25, -0.2) is 4.79 Å². The number of carbonyl (C=O) groups is 1. The second-order valence-corrected chi connectivity index (χ2v) is 6.46. The summed E-state index contributed by atoms with van der Waals surface area (Å²) in [5, 5.41) is 7.29. The Morgan fingerprint density at radius 1 is 1.35 bits per heavy atom. The number of urea groups is 1. The Morgan fingerprint density at radius 3 is 2.95 bits per heavy atom. The van der Waals surface area contributed by atoms with Gasteiger partial charge in [0.25, 0.3) is 0 Å². The highest BCUT2D eigenvalue weighted by atomic mass is 32.1. The Morgan fingerprint density at radius 2 is 2.20 bits per heavy atom. The maximum atomic E-state index is 12.1. The minimum absolute atomic E-state index is 0.0165. The molecule has 0 saturated carbocycles. The molecule has 20 heavy (non-hydrogen) atoms. The molecule has 0 radical (unpaired) electrons. The first-order valence-corrected chi connectivity index (χ1v) is 8.14. The van der Waals surface area contributed by atoms with Gasteiger partial charge in [0.15, 0.2) is 0 Å². The molecular weight excluding hydrogens is 274 g/mol. The van der Waals surface area contributed by atoms with Gasteiger partial charge in [0, 0.05) is 31.2 Å². The first kappa shape index (κ1) is 13.8. The molecule has 3 rings (SSSR count). The summed E-state index contributed by atoms with van der Waals surface area (Å²) in [5.74, 6) is 0.624. The van der Waals surface area contributed by atoms with E-state index >= 15 is 0 Å². The lowest BCUT2D eigenvalue weighted by Gasteiger charge is -2.28. The third-order valence-electron chi connectivity index (χ3n) is 4.13. The van der Waals surface area contributed by atoms with E-state index in [4.69, 9.17) is 0 Å². The zero-order valence-corrected chi connectivity index (χ0v) is 12.4. The van der Waals surface area contributed by atoms with Crippen LogP contribution in [0.5, 0.6) is 0 Å². The third kappa shape index (κ3) is 3.46. The predicted octanol–water partition coefficient (Wildman–Crippen LogP) is 1.88. The lowest BCUT2D eigenvalue weighted by atomic mass is 10.1. The van der Waals surface area contributed by atoms with Crippen molar-refractivity contribution >= 4 is 22.6 Å². The van der Waals surface area contributed by atoms with E-state index in [0.717, 1.165) is 31.1 Å². The highest BCUT2D eigenvalue weighted by molar-refractivity contribution is 7.10. The van der Waals surface area contributed by atoms with Gasteiger partial charge >= 0.3 is 6.03 Å².